The molecule has 1 heterocycles. The molecule has 1 atom stereocenters. The maximum absolute atomic E-state index is 12.3. The molecule has 1 aliphatic rings. The summed E-state index contributed by atoms with van der Waals surface area (Å²) in [7, 11) is 1.55. The van der Waals surface area contributed by atoms with Crippen LogP contribution in [0.3, 0.4) is 0 Å². The molecule has 2 amide bonds. The predicted molar refractivity (Wildman–Crippen MR) is 80.5 cm³/mol. The van der Waals surface area contributed by atoms with E-state index in [1.54, 1.807) is 13.2 Å². The van der Waals surface area contributed by atoms with Crippen molar-refractivity contribution < 1.29 is 27.5 Å². The molecule has 0 aromatic heterocycles. The van der Waals surface area contributed by atoms with Crippen molar-refractivity contribution in [3.8, 4) is 5.75 Å². The van der Waals surface area contributed by atoms with Gasteiger partial charge in [0, 0.05) is 19.4 Å². The van der Waals surface area contributed by atoms with Crippen LogP contribution in [-0.4, -0.2) is 49.1 Å². The minimum atomic E-state index is -4.43. The molecule has 24 heavy (non-hydrogen) atoms. The zero-order chi connectivity index (χ0) is 17.7. The summed E-state index contributed by atoms with van der Waals surface area (Å²) in [6.45, 7) is -1.38. The van der Waals surface area contributed by atoms with Gasteiger partial charge in [-0.05, 0) is 24.1 Å². The summed E-state index contributed by atoms with van der Waals surface area (Å²) in [5, 5.41) is 2.62. The Morgan fingerprint density at radius 2 is 2.17 bits per heavy atom. The van der Waals surface area contributed by atoms with Crippen LogP contribution in [0.5, 0.6) is 5.75 Å². The van der Waals surface area contributed by atoms with Crippen molar-refractivity contribution in [2.45, 2.75) is 31.5 Å². The largest absolute Gasteiger partial charge is 0.497 e. The summed E-state index contributed by atoms with van der Waals surface area (Å²) in [5.41, 5.74) is 0.922. The number of nitrogens with one attached hydrogen (secondary N) is 1. The lowest BCUT2D eigenvalue weighted by Gasteiger charge is -2.18. The molecule has 0 spiro atoms. The van der Waals surface area contributed by atoms with Gasteiger partial charge in [0.15, 0.2) is 0 Å². The summed E-state index contributed by atoms with van der Waals surface area (Å²) in [4.78, 5) is 24.2. The molecule has 5 nitrogen and oxygen atoms in total. The highest BCUT2D eigenvalue weighted by atomic mass is 19.4. The van der Waals surface area contributed by atoms with Gasteiger partial charge in [-0.3, -0.25) is 9.59 Å². The van der Waals surface area contributed by atoms with Gasteiger partial charge in [0.1, 0.15) is 12.3 Å². The minimum absolute atomic E-state index is 0.0963. The zero-order valence-electron chi connectivity index (χ0n) is 13.2. The van der Waals surface area contributed by atoms with Gasteiger partial charge in [-0.1, -0.05) is 12.1 Å². The first-order valence-corrected chi connectivity index (χ1v) is 7.53. The van der Waals surface area contributed by atoms with Crippen LogP contribution in [0.2, 0.25) is 0 Å². The summed E-state index contributed by atoms with van der Waals surface area (Å²) in [6.07, 6.45) is -3.85. The van der Waals surface area contributed by atoms with Crippen LogP contribution in [0, 0.1) is 0 Å². The average molecular weight is 344 g/mol. The first-order chi connectivity index (χ1) is 11.3. The van der Waals surface area contributed by atoms with E-state index in [1.165, 1.54) is 0 Å². The number of benzene rings is 1. The van der Waals surface area contributed by atoms with Crippen LogP contribution in [0.1, 0.15) is 18.4 Å². The van der Waals surface area contributed by atoms with Crippen LogP contribution >= 0.6 is 0 Å². The van der Waals surface area contributed by atoms with E-state index >= 15 is 0 Å². The number of aryl methyl sites for hydroxylation is 1. The van der Waals surface area contributed by atoms with Crippen LogP contribution in [0.4, 0.5) is 13.2 Å². The fraction of sp³-hybridized carbons (Fsp3) is 0.500. The lowest BCUT2D eigenvalue weighted by atomic mass is 10.1. The summed E-state index contributed by atoms with van der Waals surface area (Å²) < 4.78 is 42.1. The molecule has 1 aliphatic heterocycles. The highest BCUT2D eigenvalue weighted by Gasteiger charge is 2.38. The number of amides is 2. The molecular weight excluding hydrogens is 325 g/mol. The highest BCUT2D eigenvalue weighted by Crippen LogP contribution is 2.21. The number of carbonyl (C=O) groups is 2. The van der Waals surface area contributed by atoms with Crippen molar-refractivity contribution in [3.05, 3.63) is 29.8 Å². The third kappa shape index (κ3) is 5.43. The Hall–Kier alpha value is -2.25. The van der Waals surface area contributed by atoms with Gasteiger partial charge in [0.05, 0.1) is 13.2 Å². The molecule has 1 aromatic carbocycles. The van der Waals surface area contributed by atoms with E-state index in [0.717, 1.165) is 10.5 Å². The van der Waals surface area contributed by atoms with E-state index in [0.29, 0.717) is 12.2 Å². The second-order valence-electron chi connectivity index (χ2n) is 5.71. The Morgan fingerprint density at radius 1 is 1.42 bits per heavy atom. The maximum Gasteiger partial charge on any atom is 0.406 e. The molecule has 1 saturated heterocycles. The smallest absolute Gasteiger partial charge is 0.406 e. The van der Waals surface area contributed by atoms with Crippen LogP contribution in [-0.2, 0) is 16.0 Å². The molecule has 1 fully saturated rings. The molecule has 0 bridgehead atoms. The number of ether oxygens (including phenoxy) is 1. The van der Waals surface area contributed by atoms with Gasteiger partial charge in [0.25, 0.3) is 0 Å². The van der Waals surface area contributed by atoms with E-state index in [2.05, 4.69) is 5.32 Å². The summed E-state index contributed by atoms with van der Waals surface area (Å²) in [6, 6.07) is 6.72. The van der Waals surface area contributed by atoms with Crippen molar-refractivity contribution in [1.82, 2.24) is 10.2 Å². The number of alkyl halides is 3. The van der Waals surface area contributed by atoms with E-state index in [4.69, 9.17) is 4.74 Å². The van der Waals surface area contributed by atoms with Gasteiger partial charge in [-0.2, -0.15) is 13.2 Å². The predicted octanol–water partition coefficient (Wildman–Crippen LogP) is 1.91. The van der Waals surface area contributed by atoms with E-state index in [-0.39, 0.29) is 25.3 Å². The number of nitrogens with zero attached hydrogens (tertiary/aromatic N) is 1. The average Bonchev–Trinajstić information content (AvgIpc) is 2.83. The normalized spacial score (nSPS) is 17.9. The number of halogens is 3. The Labute approximate surface area is 137 Å². The van der Waals surface area contributed by atoms with E-state index < -0.39 is 24.7 Å². The van der Waals surface area contributed by atoms with Crippen molar-refractivity contribution in [2.75, 3.05) is 20.2 Å². The zero-order valence-corrected chi connectivity index (χ0v) is 13.2. The molecule has 1 N–H and O–H groups in total. The van der Waals surface area contributed by atoms with Crippen LogP contribution < -0.4 is 10.1 Å². The number of hydrogen-bond acceptors (Lipinski definition) is 3. The molecule has 1 aromatic rings. The fourth-order valence-electron chi connectivity index (χ4n) is 2.62. The number of hydrogen-bond donors (Lipinski definition) is 1. The van der Waals surface area contributed by atoms with Crippen molar-refractivity contribution in [2.24, 2.45) is 0 Å². The van der Waals surface area contributed by atoms with Crippen LogP contribution in [0.15, 0.2) is 24.3 Å². The Bertz CT molecular complexity index is 604. The molecule has 0 radical (unpaired) electrons. The van der Waals surface area contributed by atoms with Gasteiger partial charge >= 0.3 is 6.18 Å². The van der Waals surface area contributed by atoms with Gasteiger partial charge in [0.2, 0.25) is 11.8 Å². The quantitative estimate of drug-likeness (QED) is 0.858. The standard InChI is InChI=1S/C16H19F3N2O3/c1-24-13-4-2-3-11(7-13)5-6-14(22)20-12-8-15(23)21(9-12)10-16(17,18)19/h2-4,7,12H,5-6,8-10H2,1H3,(H,20,22)/t12-/m0/s1. The van der Waals surface area contributed by atoms with Gasteiger partial charge < -0.3 is 15.0 Å². The molecule has 132 valence electrons. The van der Waals surface area contributed by atoms with Gasteiger partial charge in [-0.25, -0.2) is 0 Å². The molecule has 8 heteroatoms. The maximum atomic E-state index is 12.3. The van der Waals surface area contributed by atoms with E-state index in [1.807, 2.05) is 18.2 Å². The molecular formula is C16H19F3N2O3. The molecule has 0 aliphatic carbocycles. The Kier molecular flexibility index (Phi) is 5.69. The van der Waals surface area contributed by atoms with Crippen molar-refractivity contribution in [3.63, 3.8) is 0 Å². The van der Waals surface area contributed by atoms with E-state index in [9.17, 15) is 22.8 Å². The SMILES string of the molecule is COc1cccc(CCC(=O)N[C@H]2CC(=O)N(CC(F)(F)F)C2)c1. The topological polar surface area (TPSA) is 58.6 Å². The number of methoxy groups -OCH3 is 1. The second kappa shape index (κ2) is 7.55. The van der Waals surface area contributed by atoms with Crippen molar-refractivity contribution in [1.29, 1.82) is 0 Å². The Morgan fingerprint density at radius 3 is 2.83 bits per heavy atom. The lowest BCUT2D eigenvalue weighted by Crippen LogP contribution is -2.39. The lowest BCUT2D eigenvalue weighted by molar-refractivity contribution is -0.157. The molecule has 2 rings (SSSR count). The van der Waals surface area contributed by atoms with Crippen molar-refractivity contribution >= 4 is 11.8 Å². The fourth-order valence-corrected chi connectivity index (χ4v) is 2.62. The monoisotopic (exact) mass is 344 g/mol. The summed E-state index contributed by atoms with van der Waals surface area (Å²) >= 11 is 0. The molecule has 0 unspecified atom stereocenters. The first kappa shape index (κ1) is 18.1. The Balaban J connectivity index is 1.79. The first-order valence-electron chi connectivity index (χ1n) is 7.53. The second-order valence-corrected chi connectivity index (χ2v) is 5.71. The third-order valence-corrected chi connectivity index (χ3v) is 3.72. The number of carbonyl (C=O) groups excluding carboxylic acids is 2. The van der Waals surface area contributed by atoms with Gasteiger partial charge in [-0.15, -0.1) is 0 Å². The molecule has 0 saturated carbocycles. The highest BCUT2D eigenvalue weighted by molar-refractivity contribution is 5.82. The third-order valence-electron chi connectivity index (χ3n) is 3.72. The number of rotatable bonds is 6. The van der Waals surface area contributed by atoms with Crippen LogP contribution in [0.25, 0.3) is 0 Å². The summed E-state index contributed by atoms with van der Waals surface area (Å²) in [5.74, 6) is -0.188. The number of likely N-dealkylation sites (tertiary alicyclic amines) is 1. The minimum Gasteiger partial charge on any atom is -0.497 e.